The molecule has 0 saturated heterocycles. The van der Waals surface area contributed by atoms with E-state index < -0.39 is 11.9 Å². The van der Waals surface area contributed by atoms with Crippen LogP contribution in [0.2, 0.25) is 0 Å². The number of carboxylic acid groups (broad SMARTS) is 1. The van der Waals surface area contributed by atoms with Gasteiger partial charge >= 0.3 is 5.97 Å². The van der Waals surface area contributed by atoms with Crippen molar-refractivity contribution in [2.75, 3.05) is 26.9 Å². The summed E-state index contributed by atoms with van der Waals surface area (Å²) in [5, 5.41) is 19.4. The fraction of sp³-hybridized carbons (Fsp3) is 0.458. The predicted octanol–water partition coefficient (Wildman–Crippen LogP) is 3.75. The topological polar surface area (TPSA) is 85.2 Å². The van der Waals surface area contributed by atoms with E-state index in [1.165, 1.54) is 0 Å². The minimum absolute atomic E-state index is 0.0695. The number of carbonyl (C=O) groups is 1. The van der Waals surface area contributed by atoms with Gasteiger partial charge < -0.3 is 24.4 Å². The van der Waals surface area contributed by atoms with E-state index in [1.54, 1.807) is 13.2 Å². The first kappa shape index (κ1) is 20.5. The van der Waals surface area contributed by atoms with Crippen LogP contribution in [0.4, 0.5) is 0 Å². The van der Waals surface area contributed by atoms with Crippen LogP contribution in [0.15, 0.2) is 36.4 Å². The standard InChI is InChI=1S/C24H28O6/c1-28-17-6-7-19(22(14-17)30-12-10-25)20-4-2-3-18(23(20)24(26)27)15-5-8-21-16(13-15)9-11-29-21/h5-8,13-14,18,20,23,25H,2-4,9-12H2,1H3,(H,26,27). The zero-order valence-electron chi connectivity index (χ0n) is 17.2. The smallest absolute Gasteiger partial charge is 0.307 e. The Morgan fingerprint density at radius 2 is 2.00 bits per heavy atom. The molecule has 2 aromatic carbocycles. The number of aliphatic carboxylic acids is 1. The molecule has 30 heavy (non-hydrogen) atoms. The van der Waals surface area contributed by atoms with Crippen LogP contribution in [0.3, 0.4) is 0 Å². The van der Waals surface area contributed by atoms with E-state index in [4.69, 9.17) is 14.2 Å². The number of rotatable bonds is 7. The predicted molar refractivity (Wildman–Crippen MR) is 112 cm³/mol. The van der Waals surface area contributed by atoms with E-state index >= 15 is 0 Å². The average Bonchev–Trinajstić information content (AvgIpc) is 3.24. The molecule has 2 N–H and O–H groups in total. The van der Waals surface area contributed by atoms with Crippen molar-refractivity contribution in [1.29, 1.82) is 0 Å². The summed E-state index contributed by atoms with van der Waals surface area (Å²) in [6, 6.07) is 11.7. The minimum Gasteiger partial charge on any atom is -0.497 e. The van der Waals surface area contributed by atoms with Gasteiger partial charge in [0.1, 0.15) is 23.9 Å². The number of methoxy groups -OCH3 is 1. The molecule has 0 aromatic heterocycles. The highest BCUT2D eigenvalue weighted by atomic mass is 16.5. The second-order valence-electron chi connectivity index (χ2n) is 7.95. The van der Waals surface area contributed by atoms with Gasteiger partial charge in [0.05, 0.1) is 26.2 Å². The minimum atomic E-state index is -0.787. The first-order valence-electron chi connectivity index (χ1n) is 10.5. The van der Waals surface area contributed by atoms with Crippen molar-refractivity contribution >= 4 is 5.97 Å². The molecule has 160 valence electrons. The van der Waals surface area contributed by atoms with E-state index in [0.29, 0.717) is 18.1 Å². The fourth-order valence-corrected chi connectivity index (χ4v) is 4.93. The maximum Gasteiger partial charge on any atom is 0.307 e. The van der Waals surface area contributed by atoms with Crippen molar-refractivity contribution in [2.24, 2.45) is 5.92 Å². The highest BCUT2D eigenvalue weighted by Gasteiger charge is 2.41. The second kappa shape index (κ2) is 8.96. The number of aliphatic hydroxyl groups is 1. The van der Waals surface area contributed by atoms with Crippen molar-refractivity contribution in [3.8, 4) is 17.2 Å². The molecule has 0 amide bonds. The highest BCUT2D eigenvalue weighted by molar-refractivity contribution is 5.73. The van der Waals surface area contributed by atoms with Crippen molar-refractivity contribution in [3.63, 3.8) is 0 Å². The third-order valence-electron chi connectivity index (χ3n) is 6.29. The van der Waals surface area contributed by atoms with Crippen LogP contribution < -0.4 is 14.2 Å². The molecule has 2 aliphatic rings. The lowest BCUT2D eigenvalue weighted by molar-refractivity contribution is -0.144. The molecule has 1 aliphatic carbocycles. The van der Waals surface area contributed by atoms with Gasteiger partial charge in [-0.3, -0.25) is 4.79 Å². The van der Waals surface area contributed by atoms with Crippen LogP contribution in [0.5, 0.6) is 17.2 Å². The van der Waals surface area contributed by atoms with E-state index in [1.807, 2.05) is 24.3 Å². The number of ether oxygens (including phenoxy) is 3. The molecular weight excluding hydrogens is 384 g/mol. The summed E-state index contributed by atoms with van der Waals surface area (Å²) in [6.07, 6.45) is 3.44. The van der Waals surface area contributed by atoms with Gasteiger partial charge in [0.25, 0.3) is 0 Å². The Bertz CT molecular complexity index is 909. The largest absolute Gasteiger partial charge is 0.497 e. The molecule has 1 fully saturated rings. The zero-order valence-corrected chi connectivity index (χ0v) is 17.2. The first-order valence-corrected chi connectivity index (χ1v) is 10.5. The lowest BCUT2D eigenvalue weighted by atomic mass is 9.67. The molecule has 0 radical (unpaired) electrons. The number of benzene rings is 2. The lowest BCUT2D eigenvalue weighted by Gasteiger charge is -2.37. The summed E-state index contributed by atoms with van der Waals surface area (Å²) in [5.41, 5.74) is 3.10. The Balaban J connectivity index is 1.70. The molecule has 4 rings (SSSR count). The summed E-state index contributed by atoms with van der Waals surface area (Å²) in [5.74, 6) is 0.555. The Hall–Kier alpha value is -2.73. The second-order valence-corrected chi connectivity index (χ2v) is 7.95. The molecule has 1 aliphatic heterocycles. The molecule has 2 aromatic rings. The number of hydrogen-bond acceptors (Lipinski definition) is 5. The fourth-order valence-electron chi connectivity index (χ4n) is 4.93. The first-order chi connectivity index (χ1) is 14.6. The molecule has 0 spiro atoms. The summed E-state index contributed by atoms with van der Waals surface area (Å²) < 4.78 is 16.7. The van der Waals surface area contributed by atoms with Gasteiger partial charge in [-0.2, -0.15) is 0 Å². The number of hydrogen-bond donors (Lipinski definition) is 2. The maximum atomic E-state index is 12.5. The monoisotopic (exact) mass is 412 g/mol. The van der Waals surface area contributed by atoms with Crippen molar-refractivity contribution in [3.05, 3.63) is 53.1 Å². The van der Waals surface area contributed by atoms with Crippen molar-refractivity contribution in [1.82, 2.24) is 0 Å². The van der Waals surface area contributed by atoms with Gasteiger partial charge in [-0.05, 0) is 47.6 Å². The van der Waals surface area contributed by atoms with Gasteiger partial charge in [-0.15, -0.1) is 0 Å². The maximum absolute atomic E-state index is 12.5. The van der Waals surface area contributed by atoms with E-state index in [9.17, 15) is 15.0 Å². The molecule has 6 heteroatoms. The van der Waals surface area contributed by atoms with Crippen molar-refractivity contribution < 1.29 is 29.2 Å². The van der Waals surface area contributed by atoms with Gasteiger partial charge in [0, 0.05) is 18.4 Å². The third kappa shape index (κ3) is 3.97. The van der Waals surface area contributed by atoms with E-state index in [-0.39, 0.29) is 25.0 Å². The van der Waals surface area contributed by atoms with Crippen LogP contribution in [-0.4, -0.2) is 43.1 Å². The van der Waals surface area contributed by atoms with Crippen LogP contribution in [0.1, 0.15) is 47.8 Å². The quantitative estimate of drug-likeness (QED) is 0.720. The van der Waals surface area contributed by atoms with E-state index in [2.05, 4.69) is 6.07 Å². The number of fused-ring (bicyclic) bond motifs is 1. The molecule has 6 nitrogen and oxygen atoms in total. The molecule has 1 heterocycles. The molecule has 3 unspecified atom stereocenters. The molecule has 0 bridgehead atoms. The van der Waals surface area contributed by atoms with Gasteiger partial charge in [-0.1, -0.05) is 24.6 Å². The number of aliphatic hydroxyl groups excluding tert-OH is 1. The summed E-state index contributed by atoms with van der Waals surface area (Å²) in [4.78, 5) is 12.5. The van der Waals surface area contributed by atoms with Gasteiger partial charge in [0.2, 0.25) is 0 Å². The normalized spacial score (nSPS) is 22.8. The lowest BCUT2D eigenvalue weighted by Crippen LogP contribution is -2.32. The van der Waals surface area contributed by atoms with Crippen LogP contribution in [-0.2, 0) is 11.2 Å². The Morgan fingerprint density at radius 1 is 1.17 bits per heavy atom. The summed E-state index contributed by atoms with van der Waals surface area (Å²) in [7, 11) is 1.58. The van der Waals surface area contributed by atoms with E-state index in [0.717, 1.165) is 48.1 Å². The zero-order chi connectivity index (χ0) is 21.1. The third-order valence-corrected chi connectivity index (χ3v) is 6.29. The SMILES string of the molecule is COc1ccc(C2CCCC(c3ccc4c(c3)CCO4)C2C(=O)O)c(OCCO)c1. The van der Waals surface area contributed by atoms with Crippen molar-refractivity contribution in [2.45, 2.75) is 37.5 Å². The Kier molecular flexibility index (Phi) is 6.13. The summed E-state index contributed by atoms with van der Waals surface area (Å²) in [6.45, 7) is 0.730. The highest BCUT2D eigenvalue weighted by Crippen LogP contribution is 2.49. The van der Waals surface area contributed by atoms with Crippen LogP contribution in [0.25, 0.3) is 0 Å². The molecular formula is C24H28O6. The summed E-state index contributed by atoms with van der Waals surface area (Å²) >= 11 is 0. The van der Waals surface area contributed by atoms with Gasteiger partial charge in [-0.25, -0.2) is 0 Å². The van der Waals surface area contributed by atoms with Crippen LogP contribution >= 0.6 is 0 Å². The van der Waals surface area contributed by atoms with Gasteiger partial charge in [0.15, 0.2) is 0 Å². The Morgan fingerprint density at radius 3 is 2.77 bits per heavy atom. The average molecular weight is 412 g/mol. The Labute approximate surface area is 176 Å². The number of carboxylic acids is 1. The molecule has 1 saturated carbocycles. The van der Waals surface area contributed by atoms with Crippen LogP contribution in [0, 0.1) is 5.92 Å². The molecule has 3 atom stereocenters.